The van der Waals surface area contributed by atoms with Crippen LogP contribution in [0.15, 0.2) is 46.9 Å². The molecule has 0 radical (unpaired) electrons. The van der Waals surface area contributed by atoms with Gasteiger partial charge < -0.3 is 9.47 Å². The lowest BCUT2D eigenvalue weighted by molar-refractivity contribution is 0.0471. The van der Waals surface area contributed by atoms with Gasteiger partial charge in [-0.15, -0.1) is 0 Å². The van der Waals surface area contributed by atoms with Gasteiger partial charge in [0.25, 0.3) is 0 Å². The Bertz CT molecular complexity index is 713. The van der Waals surface area contributed by atoms with Crippen molar-refractivity contribution in [2.24, 2.45) is 0 Å². The number of hydrogen-bond acceptors (Lipinski definition) is 4. The topological polar surface area (TPSA) is 52.6 Å². The standard InChI is InChI=1S/C17H14BrClO4/c1-2-22-16-8-7-13(19)9-14(16)17(21)23-10-15(20)11-3-5-12(18)6-4-11/h3-9H,2,10H2,1H3. The summed E-state index contributed by atoms with van der Waals surface area (Å²) < 4.78 is 11.3. The molecule has 0 saturated carbocycles. The highest BCUT2D eigenvalue weighted by Crippen LogP contribution is 2.24. The molecule has 0 aliphatic rings. The molecule has 0 heterocycles. The van der Waals surface area contributed by atoms with Crippen molar-refractivity contribution < 1.29 is 19.1 Å². The molecule has 0 N–H and O–H groups in total. The monoisotopic (exact) mass is 396 g/mol. The normalized spacial score (nSPS) is 10.2. The molecular weight excluding hydrogens is 384 g/mol. The van der Waals surface area contributed by atoms with Gasteiger partial charge in [-0.05, 0) is 37.3 Å². The number of ether oxygens (including phenoxy) is 2. The van der Waals surface area contributed by atoms with Crippen LogP contribution < -0.4 is 4.74 Å². The Morgan fingerprint density at radius 1 is 1.13 bits per heavy atom. The van der Waals surface area contributed by atoms with Crippen molar-refractivity contribution in [1.82, 2.24) is 0 Å². The molecule has 2 rings (SSSR count). The molecule has 2 aromatic carbocycles. The van der Waals surface area contributed by atoms with Gasteiger partial charge in [0.2, 0.25) is 0 Å². The maximum Gasteiger partial charge on any atom is 0.342 e. The van der Waals surface area contributed by atoms with Gasteiger partial charge in [-0.3, -0.25) is 4.79 Å². The Hall–Kier alpha value is -1.85. The second-order valence-corrected chi connectivity index (χ2v) is 5.93. The van der Waals surface area contributed by atoms with E-state index in [4.69, 9.17) is 21.1 Å². The first-order chi connectivity index (χ1) is 11.0. The van der Waals surface area contributed by atoms with E-state index in [0.29, 0.717) is 22.9 Å². The van der Waals surface area contributed by atoms with Crippen molar-refractivity contribution in [2.45, 2.75) is 6.92 Å². The summed E-state index contributed by atoms with van der Waals surface area (Å²) >= 11 is 9.19. The van der Waals surface area contributed by atoms with Gasteiger partial charge in [0, 0.05) is 15.1 Å². The molecule has 0 aromatic heterocycles. The lowest BCUT2D eigenvalue weighted by atomic mass is 10.1. The molecular formula is C17H14BrClO4. The molecule has 0 unspecified atom stereocenters. The fraction of sp³-hybridized carbons (Fsp3) is 0.176. The van der Waals surface area contributed by atoms with E-state index in [2.05, 4.69) is 15.9 Å². The predicted octanol–water partition coefficient (Wildman–Crippen LogP) is 4.54. The Labute approximate surface area is 147 Å². The maximum atomic E-state index is 12.2. The summed E-state index contributed by atoms with van der Waals surface area (Å²) in [6.45, 7) is 1.86. The maximum absolute atomic E-state index is 12.2. The van der Waals surface area contributed by atoms with Crippen LogP contribution in [0.4, 0.5) is 0 Å². The molecule has 6 heteroatoms. The van der Waals surface area contributed by atoms with E-state index in [-0.39, 0.29) is 18.0 Å². The smallest absolute Gasteiger partial charge is 0.342 e. The van der Waals surface area contributed by atoms with Crippen LogP contribution in [-0.4, -0.2) is 25.0 Å². The number of halogens is 2. The van der Waals surface area contributed by atoms with Crippen LogP contribution in [0.25, 0.3) is 0 Å². The zero-order chi connectivity index (χ0) is 16.8. The van der Waals surface area contributed by atoms with Crippen molar-refractivity contribution >= 4 is 39.3 Å². The Morgan fingerprint density at radius 2 is 1.83 bits per heavy atom. The molecule has 23 heavy (non-hydrogen) atoms. The van der Waals surface area contributed by atoms with Crippen LogP contribution >= 0.6 is 27.5 Å². The number of hydrogen-bond donors (Lipinski definition) is 0. The Balaban J connectivity index is 2.06. The van der Waals surface area contributed by atoms with Crippen molar-refractivity contribution in [3.63, 3.8) is 0 Å². The third-order valence-electron chi connectivity index (χ3n) is 2.96. The first kappa shape index (κ1) is 17.5. The van der Waals surface area contributed by atoms with Gasteiger partial charge in [0.15, 0.2) is 12.4 Å². The van der Waals surface area contributed by atoms with Gasteiger partial charge in [0.05, 0.1) is 6.61 Å². The number of carbonyl (C=O) groups excluding carboxylic acids is 2. The highest BCUT2D eigenvalue weighted by molar-refractivity contribution is 9.10. The molecule has 0 saturated heterocycles. The number of carbonyl (C=O) groups is 2. The summed E-state index contributed by atoms with van der Waals surface area (Å²) in [6, 6.07) is 11.5. The molecule has 0 atom stereocenters. The predicted molar refractivity (Wildman–Crippen MR) is 91.4 cm³/mol. The number of rotatable bonds is 6. The summed E-state index contributed by atoms with van der Waals surface area (Å²) in [4.78, 5) is 24.2. The van der Waals surface area contributed by atoms with E-state index in [9.17, 15) is 9.59 Å². The molecule has 120 valence electrons. The fourth-order valence-electron chi connectivity index (χ4n) is 1.87. The van der Waals surface area contributed by atoms with Gasteiger partial charge in [-0.1, -0.05) is 39.7 Å². The molecule has 0 spiro atoms. The Kier molecular flexibility index (Phi) is 6.19. The van der Waals surface area contributed by atoms with E-state index in [1.54, 1.807) is 43.3 Å². The average Bonchev–Trinajstić information content (AvgIpc) is 2.54. The lowest BCUT2D eigenvalue weighted by Gasteiger charge is -2.10. The number of Topliss-reactive ketones (excluding diaryl/α,β-unsaturated/α-hetero) is 1. The highest BCUT2D eigenvalue weighted by Gasteiger charge is 2.17. The minimum absolute atomic E-state index is 0.197. The van der Waals surface area contributed by atoms with E-state index < -0.39 is 5.97 Å². The summed E-state index contributed by atoms with van der Waals surface area (Å²) in [5.74, 6) is -0.565. The van der Waals surface area contributed by atoms with Gasteiger partial charge >= 0.3 is 5.97 Å². The Morgan fingerprint density at radius 3 is 2.48 bits per heavy atom. The summed E-state index contributed by atoms with van der Waals surface area (Å²) in [5, 5.41) is 0.389. The zero-order valence-electron chi connectivity index (χ0n) is 12.3. The number of benzene rings is 2. The van der Waals surface area contributed by atoms with E-state index >= 15 is 0 Å². The van der Waals surface area contributed by atoms with Crippen molar-refractivity contribution in [1.29, 1.82) is 0 Å². The SMILES string of the molecule is CCOc1ccc(Cl)cc1C(=O)OCC(=O)c1ccc(Br)cc1. The van der Waals surface area contributed by atoms with Crippen LogP contribution in [-0.2, 0) is 4.74 Å². The van der Waals surface area contributed by atoms with Crippen molar-refractivity contribution in [2.75, 3.05) is 13.2 Å². The number of esters is 1. The van der Waals surface area contributed by atoms with E-state index in [1.807, 2.05) is 0 Å². The summed E-state index contributed by atoms with van der Waals surface area (Å²) in [5.41, 5.74) is 0.667. The van der Waals surface area contributed by atoms with E-state index in [1.165, 1.54) is 6.07 Å². The highest BCUT2D eigenvalue weighted by atomic mass is 79.9. The molecule has 2 aromatic rings. The minimum atomic E-state index is -0.651. The van der Waals surface area contributed by atoms with Crippen LogP contribution in [0.1, 0.15) is 27.6 Å². The number of ketones is 1. The minimum Gasteiger partial charge on any atom is -0.493 e. The zero-order valence-corrected chi connectivity index (χ0v) is 14.7. The third-order valence-corrected chi connectivity index (χ3v) is 3.73. The van der Waals surface area contributed by atoms with Crippen LogP contribution in [0.3, 0.4) is 0 Å². The molecule has 0 bridgehead atoms. The van der Waals surface area contributed by atoms with Gasteiger partial charge in [0.1, 0.15) is 11.3 Å². The van der Waals surface area contributed by atoms with Gasteiger partial charge in [-0.25, -0.2) is 4.79 Å². The third kappa shape index (κ3) is 4.81. The molecule has 0 aliphatic heterocycles. The molecule has 0 amide bonds. The van der Waals surface area contributed by atoms with Crippen LogP contribution in [0.2, 0.25) is 5.02 Å². The van der Waals surface area contributed by atoms with Crippen LogP contribution in [0.5, 0.6) is 5.75 Å². The quantitative estimate of drug-likeness (QED) is 0.530. The molecule has 4 nitrogen and oxygen atoms in total. The summed E-state index contributed by atoms with van der Waals surface area (Å²) in [6.07, 6.45) is 0. The van der Waals surface area contributed by atoms with E-state index in [0.717, 1.165) is 4.47 Å². The first-order valence-electron chi connectivity index (χ1n) is 6.89. The van der Waals surface area contributed by atoms with Crippen molar-refractivity contribution in [3.05, 3.63) is 63.1 Å². The van der Waals surface area contributed by atoms with Gasteiger partial charge in [-0.2, -0.15) is 0 Å². The second kappa shape index (κ2) is 8.13. The van der Waals surface area contributed by atoms with Crippen LogP contribution in [0, 0.1) is 0 Å². The van der Waals surface area contributed by atoms with Crippen molar-refractivity contribution in [3.8, 4) is 5.75 Å². The molecule has 0 fully saturated rings. The largest absolute Gasteiger partial charge is 0.493 e. The average molecular weight is 398 g/mol. The second-order valence-electron chi connectivity index (χ2n) is 4.58. The first-order valence-corrected chi connectivity index (χ1v) is 8.06. The molecule has 0 aliphatic carbocycles. The fourth-order valence-corrected chi connectivity index (χ4v) is 2.31. The lowest BCUT2D eigenvalue weighted by Crippen LogP contribution is -2.15. The summed E-state index contributed by atoms with van der Waals surface area (Å²) in [7, 11) is 0.